The van der Waals surface area contributed by atoms with Gasteiger partial charge in [-0.15, -0.1) is 0 Å². The second-order valence-corrected chi connectivity index (χ2v) is 7.05. The number of nitrogens with one attached hydrogen (secondary N) is 1. The molecule has 7 nitrogen and oxygen atoms in total. The van der Waals surface area contributed by atoms with Gasteiger partial charge < -0.3 is 14.5 Å². The molecule has 2 aromatic carbocycles. The summed E-state index contributed by atoms with van der Waals surface area (Å²) in [6.45, 7) is 0.157. The molecule has 0 aliphatic heterocycles. The molecule has 1 N–H and O–H groups in total. The first-order valence-electron chi connectivity index (χ1n) is 9.60. The van der Waals surface area contributed by atoms with Crippen LogP contribution in [0.1, 0.15) is 16.9 Å². The van der Waals surface area contributed by atoms with Crippen LogP contribution in [0.3, 0.4) is 0 Å². The minimum Gasteiger partial charge on any atom is -0.467 e. The molecule has 0 saturated heterocycles. The molecule has 0 bridgehead atoms. The molecule has 0 aliphatic carbocycles. The smallest absolute Gasteiger partial charge is 0.354 e. The van der Waals surface area contributed by atoms with E-state index in [1.54, 1.807) is 48.5 Å². The summed E-state index contributed by atoms with van der Waals surface area (Å²) in [5, 5.41) is 21.7. The average molecular weight is 458 g/mol. The molecule has 0 unspecified atom stereocenters. The highest BCUT2D eigenvalue weighted by atomic mass is 35.5. The van der Waals surface area contributed by atoms with E-state index >= 15 is 0 Å². The van der Waals surface area contributed by atoms with Crippen LogP contribution in [0.25, 0.3) is 12.2 Å². The van der Waals surface area contributed by atoms with Crippen LogP contribution < -0.4 is 10.1 Å². The Bertz CT molecular complexity index is 1280. The monoisotopic (exact) mass is 457 g/mol. The molecule has 8 heteroatoms. The predicted octanol–water partition coefficient (Wildman–Crippen LogP) is 4.67. The number of hydrogen-bond donors (Lipinski definition) is 1. The minimum absolute atomic E-state index is 0.0936. The summed E-state index contributed by atoms with van der Waals surface area (Å²) >= 11 is 5.83. The highest BCUT2D eigenvalue weighted by Gasteiger charge is 2.13. The van der Waals surface area contributed by atoms with E-state index in [4.69, 9.17) is 20.8 Å². The summed E-state index contributed by atoms with van der Waals surface area (Å²) in [6, 6.07) is 19.9. The van der Waals surface area contributed by atoms with Crippen LogP contribution >= 0.6 is 11.6 Å². The zero-order valence-electron chi connectivity index (χ0n) is 17.1. The number of carbonyl (C=O) groups excluding carboxylic acids is 2. The number of esters is 1. The fourth-order valence-electron chi connectivity index (χ4n) is 2.65. The van der Waals surface area contributed by atoms with Crippen LogP contribution in [0, 0.1) is 22.7 Å². The summed E-state index contributed by atoms with van der Waals surface area (Å²) in [5.74, 6) is -0.593. The van der Waals surface area contributed by atoms with Gasteiger partial charge in [0.25, 0.3) is 5.91 Å². The molecular formula is C25H16ClN3O4. The first kappa shape index (κ1) is 23.1. The van der Waals surface area contributed by atoms with E-state index in [1.165, 1.54) is 30.5 Å². The van der Waals surface area contributed by atoms with Gasteiger partial charge in [-0.25, -0.2) is 4.79 Å². The Balaban J connectivity index is 1.65. The molecule has 3 aromatic rings. The third-order valence-electron chi connectivity index (χ3n) is 4.29. The molecule has 0 aliphatic rings. The van der Waals surface area contributed by atoms with Crippen LogP contribution in [-0.4, -0.2) is 11.9 Å². The standard InChI is InChI=1S/C25H16ClN3O4/c26-21-7-3-17(4-8-21)13-20(15-28)25(31)33-22-9-5-18(6-10-22)12-19(14-27)24(30)29-16-23-2-1-11-32-23/h1-13H,16H2,(H,29,30)/b19-12+,20-13+. The molecular weight excluding hydrogens is 442 g/mol. The van der Waals surface area contributed by atoms with Gasteiger partial charge in [0, 0.05) is 5.02 Å². The van der Waals surface area contributed by atoms with Gasteiger partial charge in [0.05, 0.1) is 12.8 Å². The highest BCUT2D eigenvalue weighted by Crippen LogP contribution is 2.18. The summed E-state index contributed by atoms with van der Waals surface area (Å²) in [4.78, 5) is 24.5. The van der Waals surface area contributed by atoms with Crippen molar-refractivity contribution >= 4 is 35.6 Å². The quantitative estimate of drug-likeness (QED) is 0.238. The van der Waals surface area contributed by atoms with Gasteiger partial charge in [-0.05, 0) is 59.7 Å². The van der Waals surface area contributed by atoms with Gasteiger partial charge in [-0.2, -0.15) is 10.5 Å². The Hall–Kier alpha value is -4.59. The number of amides is 1. The summed E-state index contributed by atoms with van der Waals surface area (Å²) in [6.07, 6.45) is 4.30. The molecule has 3 rings (SSSR count). The van der Waals surface area contributed by atoms with E-state index in [-0.39, 0.29) is 23.4 Å². The first-order chi connectivity index (χ1) is 16.0. The maximum Gasteiger partial charge on any atom is 0.354 e. The second kappa shape index (κ2) is 11.1. The summed E-state index contributed by atoms with van der Waals surface area (Å²) in [7, 11) is 0. The summed E-state index contributed by atoms with van der Waals surface area (Å²) in [5.41, 5.74) is 0.907. The Kier molecular flexibility index (Phi) is 7.80. The van der Waals surface area contributed by atoms with Crippen LogP contribution in [0.5, 0.6) is 5.75 Å². The lowest BCUT2D eigenvalue weighted by molar-refractivity contribution is -0.129. The van der Waals surface area contributed by atoms with Crippen molar-refractivity contribution in [3.8, 4) is 17.9 Å². The lowest BCUT2D eigenvalue weighted by Crippen LogP contribution is -2.23. The molecule has 1 aromatic heterocycles. The number of nitrogens with zero attached hydrogens (tertiary/aromatic N) is 2. The van der Waals surface area contributed by atoms with Crippen LogP contribution in [0.4, 0.5) is 0 Å². The Labute approximate surface area is 194 Å². The van der Waals surface area contributed by atoms with E-state index < -0.39 is 11.9 Å². The number of benzene rings is 2. The van der Waals surface area contributed by atoms with Gasteiger partial charge in [0.1, 0.15) is 34.8 Å². The Morgan fingerprint density at radius 3 is 2.12 bits per heavy atom. The van der Waals surface area contributed by atoms with Crippen molar-refractivity contribution in [3.05, 3.63) is 100.0 Å². The van der Waals surface area contributed by atoms with E-state index in [2.05, 4.69) is 5.32 Å². The fraction of sp³-hybridized carbons (Fsp3) is 0.0400. The van der Waals surface area contributed by atoms with Crippen LogP contribution in [-0.2, 0) is 16.1 Å². The first-order valence-corrected chi connectivity index (χ1v) is 9.98. The normalized spacial score (nSPS) is 11.2. The van der Waals surface area contributed by atoms with Crippen LogP contribution in [0.15, 0.2) is 82.5 Å². The van der Waals surface area contributed by atoms with Crippen molar-refractivity contribution in [1.82, 2.24) is 5.32 Å². The molecule has 0 saturated carbocycles. The van der Waals surface area contributed by atoms with E-state index in [0.29, 0.717) is 21.9 Å². The molecule has 0 spiro atoms. The maximum atomic E-state index is 12.3. The lowest BCUT2D eigenvalue weighted by atomic mass is 10.1. The van der Waals surface area contributed by atoms with Crippen molar-refractivity contribution in [2.75, 3.05) is 0 Å². The third-order valence-corrected chi connectivity index (χ3v) is 4.54. The second-order valence-electron chi connectivity index (χ2n) is 6.61. The number of hydrogen-bond acceptors (Lipinski definition) is 6. The predicted molar refractivity (Wildman–Crippen MR) is 121 cm³/mol. The average Bonchev–Trinajstić information content (AvgIpc) is 3.35. The zero-order valence-corrected chi connectivity index (χ0v) is 17.9. The lowest BCUT2D eigenvalue weighted by Gasteiger charge is -2.05. The van der Waals surface area contributed by atoms with Crippen molar-refractivity contribution in [3.63, 3.8) is 0 Å². The number of carbonyl (C=O) groups is 2. The van der Waals surface area contributed by atoms with E-state index in [9.17, 15) is 20.1 Å². The topological polar surface area (TPSA) is 116 Å². The maximum absolute atomic E-state index is 12.3. The molecule has 33 heavy (non-hydrogen) atoms. The molecule has 0 atom stereocenters. The molecule has 0 radical (unpaired) electrons. The molecule has 1 amide bonds. The molecule has 162 valence electrons. The van der Waals surface area contributed by atoms with Crippen molar-refractivity contribution in [2.45, 2.75) is 6.54 Å². The highest BCUT2D eigenvalue weighted by molar-refractivity contribution is 6.30. The van der Waals surface area contributed by atoms with E-state index in [0.717, 1.165) is 0 Å². The fourth-order valence-corrected chi connectivity index (χ4v) is 2.77. The summed E-state index contributed by atoms with van der Waals surface area (Å²) < 4.78 is 10.4. The van der Waals surface area contributed by atoms with Gasteiger partial charge in [0.15, 0.2) is 0 Å². The molecule has 1 heterocycles. The number of nitriles is 2. The number of furan rings is 1. The zero-order chi connectivity index (χ0) is 23.6. The van der Waals surface area contributed by atoms with Gasteiger partial charge in [-0.3, -0.25) is 4.79 Å². The number of ether oxygens (including phenoxy) is 1. The molecule has 0 fully saturated rings. The van der Waals surface area contributed by atoms with Crippen molar-refractivity contribution in [1.29, 1.82) is 10.5 Å². The van der Waals surface area contributed by atoms with Crippen LogP contribution in [0.2, 0.25) is 5.02 Å². The number of halogens is 1. The largest absolute Gasteiger partial charge is 0.467 e. The Morgan fingerprint density at radius 2 is 1.55 bits per heavy atom. The van der Waals surface area contributed by atoms with Gasteiger partial charge >= 0.3 is 5.97 Å². The SMILES string of the molecule is N#C/C(=C\c1ccc(OC(=O)/C(C#N)=C/c2ccc(Cl)cc2)cc1)C(=O)NCc1ccco1. The van der Waals surface area contributed by atoms with E-state index in [1.807, 2.05) is 12.1 Å². The van der Waals surface area contributed by atoms with Gasteiger partial charge in [-0.1, -0.05) is 35.9 Å². The minimum atomic E-state index is -0.814. The van der Waals surface area contributed by atoms with Crippen molar-refractivity contribution < 1.29 is 18.7 Å². The number of rotatable bonds is 7. The Morgan fingerprint density at radius 1 is 0.939 bits per heavy atom. The third kappa shape index (κ3) is 6.70. The van der Waals surface area contributed by atoms with Gasteiger partial charge in [0.2, 0.25) is 0 Å². The van der Waals surface area contributed by atoms with Crippen molar-refractivity contribution in [2.24, 2.45) is 0 Å².